The van der Waals surface area contributed by atoms with E-state index in [1.807, 2.05) is 0 Å². The number of aromatic nitrogens is 2. The number of benzene rings is 2. The first-order chi connectivity index (χ1) is 20.5. The number of hydrogen-bond donors (Lipinski definition) is 3. The van der Waals surface area contributed by atoms with Crippen molar-refractivity contribution in [1.82, 2.24) is 15.3 Å². The Balaban J connectivity index is 1.63. The first kappa shape index (κ1) is 31.4. The molecular weight excluding hydrogens is 634 g/mol. The molecule has 0 bridgehead atoms. The van der Waals surface area contributed by atoms with Gasteiger partial charge in [0.1, 0.15) is 23.5 Å². The molecule has 0 fully saturated rings. The number of amides is 2. The van der Waals surface area contributed by atoms with Gasteiger partial charge in [-0.3, -0.25) is 14.6 Å². The second-order valence-corrected chi connectivity index (χ2v) is 11.3. The van der Waals surface area contributed by atoms with E-state index in [1.165, 1.54) is 19.1 Å². The van der Waals surface area contributed by atoms with Crippen molar-refractivity contribution < 1.29 is 41.4 Å². The van der Waals surface area contributed by atoms with Gasteiger partial charge >= 0.3 is 6.18 Å². The smallest absolute Gasteiger partial charge is 0.424 e. The molecule has 4 aromatic rings. The number of aryl methyl sites for hydroxylation is 1. The van der Waals surface area contributed by atoms with Gasteiger partial charge in [-0.05, 0) is 55.8 Å². The number of nitrogens with two attached hydrogens (primary N) is 1. The van der Waals surface area contributed by atoms with Gasteiger partial charge in [0.2, 0.25) is 11.5 Å². The van der Waals surface area contributed by atoms with Crippen LogP contribution in [0, 0.1) is 18.6 Å². The van der Waals surface area contributed by atoms with Gasteiger partial charge in [-0.15, -0.1) is 0 Å². The molecule has 2 atom stereocenters. The molecule has 2 aromatic carbocycles. The average Bonchev–Trinajstić information content (AvgIpc) is 3.31. The largest absolute Gasteiger partial charge is 0.489 e. The number of primary amides is 1. The third-order valence-electron chi connectivity index (χ3n) is 7.44. The van der Waals surface area contributed by atoms with Crippen LogP contribution in [0.2, 0.25) is 10.0 Å². The summed E-state index contributed by atoms with van der Waals surface area (Å²) in [5, 5.41) is 12.9. The van der Waals surface area contributed by atoms with Crippen molar-refractivity contribution in [2.75, 3.05) is 13.2 Å². The minimum Gasteiger partial charge on any atom is -0.489 e. The molecule has 4 N–H and O–H groups in total. The summed E-state index contributed by atoms with van der Waals surface area (Å²) >= 11 is 12.2. The lowest BCUT2D eigenvalue weighted by Crippen LogP contribution is -2.51. The molecule has 44 heavy (non-hydrogen) atoms. The highest BCUT2D eigenvalue weighted by atomic mass is 35.5. The van der Waals surface area contributed by atoms with Gasteiger partial charge in [0.25, 0.3) is 5.91 Å². The first-order valence-corrected chi connectivity index (χ1v) is 13.5. The van der Waals surface area contributed by atoms with Crippen molar-refractivity contribution in [2.24, 2.45) is 5.73 Å². The van der Waals surface area contributed by atoms with Crippen LogP contribution in [0.4, 0.5) is 22.0 Å². The Morgan fingerprint density at radius 2 is 1.86 bits per heavy atom. The topological polar surface area (TPSA) is 127 Å². The maximum absolute atomic E-state index is 14.7. The van der Waals surface area contributed by atoms with Gasteiger partial charge in [0.05, 0.1) is 27.8 Å². The molecular formula is C29H21Cl2F5N4O4. The molecule has 1 aliphatic rings. The molecule has 0 radical (unpaired) electrons. The number of nitrogens with one attached hydrogen (secondary N) is 1. The van der Waals surface area contributed by atoms with Crippen LogP contribution in [-0.4, -0.2) is 46.2 Å². The van der Waals surface area contributed by atoms with Gasteiger partial charge < -0.3 is 20.9 Å². The van der Waals surface area contributed by atoms with Crippen molar-refractivity contribution in [3.8, 4) is 17.0 Å². The highest BCUT2D eigenvalue weighted by Gasteiger charge is 2.57. The fraction of sp³-hybridized carbons (Fsp3) is 0.241. The number of nitrogens with zero attached hydrogens (tertiary/aromatic N) is 2. The lowest BCUT2D eigenvalue weighted by atomic mass is 9.81. The van der Waals surface area contributed by atoms with Crippen molar-refractivity contribution >= 4 is 45.9 Å². The molecule has 15 heteroatoms. The summed E-state index contributed by atoms with van der Waals surface area (Å²) in [4.78, 5) is 33.6. The van der Waals surface area contributed by atoms with Crippen LogP contribution in [0.5, 0.6) is 5.75 Å². The standard InChI is InChI=1S/C29H21Cl2F5N4O4/c1-12-5-13-6-14(7-17(30)22(13)38-9-12)25(41)39-10-28(43,29(34,35)36)19-8-16-24(44-11-27(16,2)26(37)42)23(40-19)15-3-4-18(32)21(33)20(15)31/h3-9,43H,10-11H2,1-2H3,(H2,37,42)(H,39,41)/t27-,28-/m0/s1. The predicted octanol–water partition coefficient (Wildman–Crippen LogP) is 5.51. The average molecular weight is 655 g/mol. The van der Waals surface area contributed by atoms with Crippen molar-refractivity contribution in [1.29, 1.82) is 0 Å². The number of carbonyl (C=O) groups is 2. The molecule has 3 heterocycles. The minimum absolute atomic E-state index is 0.0674. The molecule has 2 amide bonds. The van der Waals surface area contributed by atoms with Crippen LogP contribution in [0.3, 0.4) is 0 Å². The SMILES string of the molecule is Cc1cnc2c(Cl)cc(C(=O)NC[C@](O)(c3cc4c(c(-c5ccc(F)c(F)c5Cl)n3)OC[C@]4(C)C(N)=O)C(F)(F)F)cc2c1. The number of pyridine rings is 2. The maximum Gasteiger partial charge on any atom is 0.424 e. The number of halogens is 7. The van der Waals surface area contributed by atoms with E-state index in [-0.39, 0.29) is 27.5 Å². The quantitative estimate of drug-likeness (QED) is 0.186. The number of alkyl halides is 3. The summed E-state index contributed by atoms with van der Waals surface area (Å²) in [6.07, 6.45) is -3.92. The Kier molecular flexibility index (Phi) is 7.71. The molecule has 0 saturated carbocycles. The summed E-state index contributed by atoms with van der Waals surface area (Å²) < 4.78 is 77.8. The predicted molar refractivity (Wildman–Crippen MR) is 150 cm³/mol. The summed E-state index contributed by atoms with van der Waals surface area (Å²) in [5.74, 6) is -5.14. The van der Waals surface area contributed by atoms with E-state index in [9.17, 15) is 36.6 Å². The fourth-order valence-corrected chi connectivity index (χ4v) is 5.30. The Hall–Kier alpha value is -4.07. The molecule has 0 aliphatic carbocycles. The number of carbonyl (C=O) groups excluding carboxylic acids is 2. The van der Waals surface area contributed by atoms with Crippen LogP contribution >= 0.6 is 23.2 Å². The van der Waals surface area contributed by atoms with Gasteiger partial charge in [0.15, 0.2) is 11.6 Å². The molecule has 230 valence electrons. The zero-order valence-electron chi connectivity index (χ0n) is 22.7. The molecule has 1 aliphatic heterocycles. The molecule has 2 aromatic heterocycles. The fourth-order valence-electron chi connectivity index (χ4n) is 4.78. The van der Waals surface area contributed by atoms with Gasteiger partial charge in [-0.1, -0.05) is 23.2 Å². The second kappa shape index (κ2) is 10.8. The molecule has 0 spiro atoms. The van der Waals surface area contributed by atoms with Crippen LogP contribution in [0.15, 0.2) is 42.6 Å². The summed E-state index contributed by atoms with van der Waals surface area (Å²) in [6, 6.07) is 6.64. The van der Waals surface area contributed by atoms with Crippen LogP contribution in [0.1, 0.15) is 34.1 Å². The van der Waals surface area contributed by atoms with Crippen LogP contribution < -0.4 is 15.8 Å². The van der Waals surface area contributed by atoms with Gasteiger partial charge in [-0.25, -0.2) is 13.8 Å². The zero-order valence-corrected chi connectivity index (χ0v) is 24.3. The molecule has 0 unspecified atom stereocenters. The number of hydrogen-bond acceptors (Lipinski definition) is 6. The maximum atomic E-state index is 14.7. The van der Waals surface area contributed by atoms with E-state index in [1.54, 1.807) is 19.2 Å². The normalized spacial score (nSPS) is 17.6. The van der Waals surface area contributed by atoms with Crippen LogP contribution in [-0.2, 0) is 15.8 Å². The third kappa shape index (κ3) is 5.08. The Bertz CT molecular complexity index is 1870. The van der Waals surface area contributed by atoms with Crippen molar-refractivity contribution in [2.45, 2.75) is 31.0 Å². The van der Waals surface area contributed by atoms with Crippen molar-refractivity contribution in [3.63, 3.8) is 0 Å². The van der Waals surface area contributed by atoms with E-state index < -0.39 is 70.2 Å². The van der Waals surface area contributed by atoms with E-state index in [4.69, 9.17) is 33.7 Å². The molecule has 8 nitrogen and oxygen atoms in total. The first-order valence-electron chi connectivity index (χ1n) is 12.7. The molecule has 0 saturated heterocycles. The Labute approximate surface area is 255 Å². The number of fused-ring (bicyclic) bond motifs is 2. The third-order valence-corrected chi connectivity index (χ3v) is 8.10. The van der Waals surface area contributed by atoms with Crippen molar-refractivity contribution in [3.05, 3.63) is 86.7 Å². The number of ether oxygens (including phenoxy) is 1. The van der Waals surface area contributed by atoms with E-state index in [0.717, 1.165) is 17.7 Å². The summed E-state index contributed by atoms with van der Waals surface area (Å²) in [7, 11) is 0. The van der Waals surface area contributed by atoms with Crippen LogP contribution in [0.25, 0.3) is 22.2 Å². The number of aliphatic hydroxyl groups is 1. The second-order valence-electron chi connectivity index (χ2n) is 10.5. The lowest BCUT2D eigenvalue weighted by Gasteiger charge is -2.31. The van der Waals surface area contributed by atoms with E-state index in [2.05, 4.69) is 15.3 Å². The Morgan fingerprint density at radius 1 is 1.16 bits per heavy atom. The van der Waals surface area contributed by atoms with E-state index >= 15 is 0 Å². The summed E-state index contributed by atoms with van der Waals surface area (Å²) in [5.41, 5.74) is -1.29. The minimum atomic E-state index is -5.47. The lowest BCUT2D eigenvalue weighted by molar-refractivity contribution is -0.265. The Morgan fingerprint density at radius 3 is 2.52 bits per heavy atom. The van der Waals surface area contributed by atoms with E-state index in [0.29, 0.717) is 17.0 Å². The molecule has 5 rings (SSSR count). The monoisotopic (exact) mass is 654 g/mol. The van der Waals surface area contributed by atoms with Gasteiger partial charge in [-0.2, -0.15) is 13.2 Å². The van der Waals surface area contributed by atoms with Gasteiger partial charge in [0, 0.05) is 28.3 Å². The number of rotatable bonds is 6. The highest BCUT2D eigenvalue weighted by Crippen LogP contribution is 2.49. The highest BCUT2D eigenvalue weighted by molar-refractivity contribution is 6.35. The zero-order chi connectivity index (χ0) is 32.4. The summed E-state index contributed by atoms with van der Waals surface area (Å²) in [6.45, 7) is 1.14.